The van der Waals surface area contributed by atoms with Gasteiger partial charge in [0.05, 0.1) is 10.7 Å². The van der Waals surface area contributed by atoms with Crippen LogP contribution in [-0.2, 0) is 0 Å². The standard InChI is InChI=1S/C11H18ClN3/c1-3-5-15(6-4-2)11-10(13)7-9(12)8-14-11/h7-8H,3-6,13H2,1-2H3. The van der Waals surface area contributed by atoms with Crippen molar-refractivity contribution < 1.29 is 0 Å². The van der Waals surface area contributed by atoms with Gasteiger partial charge in [-0.2, -0.15) is 0 Å². The molecule has 0 aliphatic heterocycles. The first-order chi connectivity index (χ1) is 7.19. The van der Waals surface area contributed by atoms with E-state index in [1.165, 1.54) is 0 Å². The van der Waals surface area contributed by atoms with E-state index < -0.39 is 0 Å². The van der Waals surface area contributed by atoms with Gasteiger partial charge in [-0.3, -0.25) is 0 Å². The maximum atomic E-state index is 5.89. The number of halogens is 1. The Morgan fingerprint density at radius 3 is 2.40 bits per heavy atom. The average Bonchev–Trinajstić information content (AvgIpc) is 2.17. The highest BCUT2D eigenvalue weighted by atomic mass is 35.5. The van der Waals surface area contributed by atoms with Gasteiger partial charge in [0, 0.05) is 19.3 Å². The molecule has 0 atom stereocenters. The van der Waals surface area contributed by atoms with Crippen molar-refractivity contribution in [3.63, 3.8) is 0 Å². The van der Waals surface area contributed by atoms with Crippen molar-refractivity contribution in [3.05, 3.63) is 17.3 Å². The van der Waals surface area contributed by atoms with Crippen LogP contribution in [0.5, 0.6) is 0 Å². The van der Waals surface area contributed by atoms with Crippen LogP contribution in [0, 0.1) is 0 Å². The van der Waals surface area contributed by atoms with E-state index in [1.807, 2.05) is 0 Å². The maximum Gasteiger partial charge on any atom is 0.151 e. The van der Waals surface area contributed by atoms with Gasteiger partial charge in [-0.25, -0.2) is 4.98 Å². The normalized spacial score (nSPS) is 10.3. The van der Waals surface area contributed by atoms with Crippen molar-refractivity contribution in [2.24, 2.45) is 0 Å². The fraction of sp³-hybridized carbons (Fsp3) is 0.545. The van der Waals surface area contributed by atoms with Crippen molar-refractivity contribution in [3.8, 4) is 0 Å². The van der Waals surface area contributed by atoms with E-state index in [9.17, 15) is 0 Å². The molecule has 1 heterocycles. The van der Waals surface area contributed by atoms with Gasteiger partial charge < -0.3 is 10.6 Å². The largest absolute Gasteiger partial charge is 0.396 e. The van der Waals surface area contributed by atoms with Crippen molar-refractivity contribution >= 4 is 23.1 Å². The summed E-state index contributed by atoms with van der Waals surface area (Å²) in [5, 5.41) is 0.587. The molecule has 0 radical (unpaired) electrons. The number of pyridine rings is 1. The number of anilines is 2. The zero-order valence-corrected chi connectivity index (χ0v) is 10.1. The van der Waals surface area contributed by atoms with Gasteiger partial charge in [-0.05, 0) is 18.9 Å². The minimum Gasteiger partial charge on any atom is -0.396 e. The highest BCUT2D eigenvalue weighted by Gasteiger charge is 2.09. The predicted octanol–water partition coefficient (Wildman–Crippen LogP) is 2.94. The first kappa shape index (κ1) is 12.1. The van der Waals surface area contributed by atoms with Crippen molar-refractivity contribution in [1.82, 2.24) is 4.98 Å². The van der Waals surface area contributed by atoms with E-state index in [1.54, 1.807) is 12.3 Å². The zero-order valence-electron chi connectivity index (χ0n) is 9.33. The molecular weight excluding hydrogens is 210 g/mol. The molecule has 84 valence electrons. The Bertz CT molecular complexity index is 309. The molecule has 1 rings (SSSR count). The first-order valence-corrected chi connectivity index (χ1v) is 5.72. The number of nitrogens with two attached hydrogens (primary N) is 1. The summed E-state index contributed by atoms with van der Waals surface area (Å²) in [5.74, 6) is 0.850. The first-order valence-electron chi connectivity index (χ1n) is 5.35. The van der Waals surface area contributed by atoms with Gasteiger partial charge in [0.15, 0.2) is 5.82 Å². The van der Waals surface area contributed by atoms with Crippen LogP contribution >= 0.6 is 11.6 Å². The third-order valence-corrected chi connectivity index (χ3v) is 2.36. The van der Waals surface area contributed by atoms with E-state index >= 15 is 0 Å². The summed E-state index contributed by atoms with van der Waals surface area (Å²) in [6.07, 6.45) is 3.82. The van der Waals surface area contributed by atoms with Gasteiger partial charge in [-0.1, -0.05) is 25.4 Å². The molecule has 0 saturated carbocycles. The van der Waals surface area contributed by atoms with E-state index in [-0.39, 0.29) is 0 Å². The number of rotatable bonds is 5. The van der Waals surface area contributed by atoms with Gasteiger partial charge in [0.25, 0.3) is 0 Å². The maximum absolute atomic E-state index is 5.89. The minimum atomic E-state index is 0.587. The Balaban J connectivity index is 2.89. The monoisotopic (exact) mass is 227 g/mol. The van der Waals surface area contributed by atoms with E-state index in [0.717, 1.165) is 31.7 Å². The lowest BCUT2D eigenvalue weighted by Gasteiger charge is -2.23. The topological polar surface area (TPSA) is 42.2 Å². The molecule has 2 N–H and O–H groups in total. The molecule has 0 aliphatic carbocycles. The van der Waals surface area contributed by atoms with Gasteiger partial charge in [-0.15, -0.1) is 0 Å². The highest BCUT2D eigenvalue weighted by molar-refractivity contribution is 6.30. The third kappa shape index (κ3) is 3.27. The van der Waals surface area contributed by atoms with E-state index in [0.29, 0.717) is 10.7 Å². The molecule has 0 spiro atoms. The van der Waals surface area contributed by atoms with Gasteiger partial charge in [0.2, 0.25) is 0 Å². The van der Waals surface area contributed by atoms with Crippen LogP contribution in [0.2, 0.25) is 5.02 Å². The number of nitrogens with zero attached hydrogens (tertiary/aromatic N) is 2. The SMILES string of the molecule is CCCN(CCC)c1ncc(Cl)cc1N. The van der Waals surface area contributed by atoms with Gasteiger partial charge >= 0.3 is 0 Å². The van der Waals surface area contributed by atoms with Crippen molar-refractivity contribution in [2.45, 2.75) is 26.7 Å². The zero-order chi connectivity index (χ0) is 11.3. The smallest absolute Gasteiger partial charge is 0.151 e. The third-order valence-electron chi connectivity index (χ3n) is 2.15. The summed E-state index contributed by atoms with van der Waals surface area (Å²) in [5.41, 5.74) is 6.55. The van der Waals surface area contributed by atoms with Crippen molar-refractivity contribution in [2.75, 3.05) is 23.7 Å². The summed E-state index contributed by atoms with van der Waals surface area (Å²) in [7, 11) is 0. The molecule has 0 amide bonds. The van der Waals surface area contributed by atoms with Crippen LogP contribution in [0.1, 0.15) is 26.7 Å². The fourth-order valence-corrected chi connectivity index (χ4v) is 1.74. The second kappa shape index (κ2) is 5.81. The molecular formula is C11H18ClN3. The van der Waals surface area contributed by atoms with Crippen LogP contribution in [0.4, 0.5) is 11.5 Å². The van der Waals surface area contributed by atoms with E-state index in [2.05, 4.69) is 23.7 Å². The van der Waals surface area contributed by atoms with Crippen molar-refractivity contribution in [1.29, 1.82) is 0 Å². The highest BCUT2D eigenvalue weighted by Crippen LogP contribution is 2.23. The van der Waals surface area contributed by atoms with Crippen LogP contribution in [0.25, 0.3) is 0 Å². The van der Waals surface area contributed by atoms with E-state index in [4.69, 9.17) is 17.3 Å². The summed E-state index contributed by atoms with van der Waals surface area (Å²) in [4.78, 5) is 6.48. The molecule has 0 saturated heterocycles. The lowest BCUT2D eigenvalue weighted by Crippen LogP contribution is -2.26. The fourth-order valence-electron chi connectivity index (χ4n) is 1.58. The second-order valence-corrected chi connectivity index (χ2v) is 3.99. The Kier molecular flexibility index (Phi) is 4.69. The Morgan fingerprint density at radius 2 is 1.93 bits per heavy atom. The Labute approximate surface area is 96.2 Å². The molecule has 0 unspecified atom stereocenters. The number of hydrogen-bond acceptors (Lipinski definition) is 3. The molecule has 15 heavy (non-hydrogen) atoms. The Morgan fingerprint density at radius 1 is 1.33 bits per heavy atom. The molecule has 1 aromatic rings. The van der Waals surface area contributed by atoms with Crippen LogP contribution in [-0.4, -0.2) is 18.1 Å². The average molecular weight is 228 g/mol. The summed E-state index contributed by atoms with van der Waals surface area (Å²) < 4.78 is 0. The lowest BCUT2D eigenvalue weighted by molar-refractivity contribution is 0.735. The molecule has 0 aliphatic rings. The number of hydrogen-bond donors (Lipinski definition) is 1. The summed E-state index contributed by atoms with van der Waals surface area (Å²) in [6, 6.07) is 1.75. The predicted molar refractivity (Wildman–Crippen MR) is 66.5 cm³/mol. The molecule has 0 aromatic carbocycles. The summed E-state index contributed by atoms with van der Waals surface area (Å²) in [6.45, 7) is 6.25. The molecule has 1 aromatic heterocycles. The van der Waals surface area contributed by atoms with Gasteiger partial charge in [0.1, 0.15) is 0 Å². The molecule has 0 fully saturated rings. The molecule has 3 nitrogen and oxygen atoms in total. The molecule has 4 heteroatoms. The van der Waals surface area contributed by atoms with Crippen LogP contribution in [0.15, 0.2) is 12.3 Å². The minimum absolute atomic E-state index is 0.587. The second-order valence-electron chi connectivity index (χ2n) is 3.55. The summed E-state index contributed by atoms with van der Waals surface area (Å²) >= 11 is 5.81. The van der Waals surface area contributed by atoms with Crippen LogP contribution in [0.3, 0.4) is 0 Å². The quantitative estimate of drug-likeness (QED) is 0.841. The number of aromatic nitrogens is 1. The number of nitrogen functional groups attached to an aromatic ring is 1. The Hall–Kier alpha value is -0.960. The molecule has 0 bridgehead atoms. The van der Waals surface area contributed by atoms with Crippen LogP contribution < -0.4 is 10.6 Å². The lowest BCUT2D eigenvalue weighted by atomic mass is 10.3.